The van der Waals surface area contributed by atoms with Gasteiger partial charge in [-0.15, -0.1) is 0 Å². The molecule has 1 fully saturated rings. The number of rotatable bonds is 6. The molecule has 0 saturated carbocycles. The molecule has 2 aromatic rings. The minimum atomic E-state index is -1.15. The SMILES string of the molecule is COc1cc(Br)cc2c1OC(C(C)C)C(=O)N(C1CCN(Cc3ccccc3)CC1)C2C(=O)O. The third kappa shape index (κ3) is 4.93. The molecule has 2 unspecified atom stereocenters. The lowest BCUT2D eigenvalue weighted by molar-refractivity contribution is -0.157. The number of amides is 1. The molecular weight excluding hydrogens is 500 g/mol. The van der Waals surface area contributed by atoms with Crippen LogP contribution in [0.25, 0.3) is 0 Å². The van der Waals surface area contributed by atoms with Gasteiger partial charge in [0.05, 0.1) is 7.11 Å². The van der Waals surface area contributed by atoms with E-state index in [1.165, 1.54) is 12.7 Å². The number of fused-ring (bicyclic) bond motifs is 1. The van der Waals surface area contributed by atoms with E-state index >= 15 is 0 Å². The number of benzene rings is 2. The zero-order valence-corrected chi connectivity index (χ0v) is 21.3. The summed E-state index contributed by atoms with van der Waals surface area (Å²) in [4.78, 5) is 30.4. The Bertz CT molecular complexity index is 1040. The fourth-order valence-corrected chi connectivity index (χ4v) is 5.39. The molecule has 2 heterocycles. The summed E-state index contributed by atoms with van der Waals surface area (Å²) in [5.74, 6) is -0.752. The Morgan fingerprint density at radius 2 is 1.88 bits per heavy atom. The van der Waals surface area contributed by atoms with Crippen LogP contribution in [0, 0.1) is 5.92 Å². The summed E-state index contributed by atoms with van der Waals surface area (Å²) >= 11 is 3.46. The zero-order valence-electron chi connectivity index (χ0n) is 19.7. The van der Waals surface area contributed by atoms with Crippen LogP contribution < -0.4 is 9.47 Å². The van der Waals surface area contributed by atoms with Crippen LogP contribution in [-0.4, -0.2) is 59.1 Å². The van der Waals surface area contributed by atoms with Crippen LogP contribution in [0.1, 0.15) is 43.9 Å². The minimum absolute atomic E-state index is 0.137. The highest BCUT2D eigenvalue weighted by Gasteiger charge is 2.46. The number of carboxylic acid groups (broad SMARTS) is 1. The molecule has 1 saturated heterocycles. The van der Waals surface area contributed by atoms with E-state index in [9.17, 15) is 14.7 Å². The number of carboxylic acids is 1. The second kappa shape index (κ2) is 10.4. The molecule has 34 heavy (non-hydrogen) atoms. The number of aliphatic carboxylic acids is 1. The van der Waals surface area contributed by atoms with Gasteiger partial charge in [0.1, 0.15) is 0 Å². The smallest absolute Gasteiger partial charge is 0.331 e. The van der Waals surface area contributed by atoms with Crippen molar-refractivity contribution < 1.29 is 24.2 Å². The zero-order chi connectivity index (χ0) is 24.4. The highest BCUT2D eigenvalue weighted by Crippen LogP contribution is 2.45. The van der Waals surface area contributed by atoms with E-state index in [0.29, 0.717) is 34.4 Å². The molecule has 2 aliphatic rings. The Hall–Kier alpha value is -2.58. The van der Waals surface area contributed by atoms with E-state index in [-0.39, 0.29) is 17.9 Å². The quantitative estimate of drug-likeness (QED) is 0.592. The number of hydrogen-bond donors (Lipinski definition) is 1. The predicted molar refractivity (Wildman–Crippen MR) is 132 cm³/mol. The predicted octanol–water partition coefficient (Wildman–Crippen LogP) is 4.49. The fourth-order valence-electron chi connectivity index (χ4n) is 4.93. The van der Waals surface area contributed by atoms with Gasteiger partial charge in [0.25, 0.3) is 5.91 Å². The summed E-state index contributed by atoms with van der Waals surface area (Å²) in [5.41, 5.74) is 1.68. The fraction of sp³-hybridized carbons (Fsp3) is 0.462. The Balaban J connectivity index is 1.67. The molecule has 4 rings (SSSR count). The normalized spacial score (nSPS) is 21.7. The van der Waals surface area contributed by atoms with E-state index in [1.807, 2.05) is 32.0 Å². The summed E-state index contributed by atoms with van der Waals surface area (Å²) < 4.78 is 12.4. The van der Waals surface area contributed by atoms with E-state index in [1.54, 1.807) is 17.0 Å². The Labute approximate surface area is 208 Å². The molecule has 2 aliphatic heterocycles. The van der Waals surface area contributed by atoms with Gasteiger partial charge in [0, 0.05) is 35.7 Å². The number of halogens is 1. The maximum atomic E-state index is 13.8. The van der Waals surface area contributed by atoms with Crippen LogP contribution >= 0.6 is 15.9 Å². The average Bonchev–Trinajstić information content (AvgIpc) is 2.94. The van der Waals surface area contributed by atoms with Gasteiger partial charge in [0.2, 0.25) is 0 Å². The number of carbonyl (C=O) groups excluding carboxylic acids is 1. The lowest BCUT2D eigenvalue weighted by Crippen LogP contribution is -2.53. The number of ether oxygens (including phenoxy) is 2. The van der Waals surface area contributed by atoms with Crippen LogP contribution in [0.5, 0.6) is 11.5 Å². The molecule has 0 aliphatic carbocycles. The molecule has 2 aromatic carbocycles. The van der Waals surface area contributed by atoms with E-state index in [2.05, 4.69) is 33.0 Å². The number of likely N-dealkylation sites (tertiary alicyclic amines) is 1. The van der Waals surface area contributed by atoms with Crippen molar-refractivity contribution >= 4 is 27.8 Å². The van der Waals surface area contributed by atoms with Gasteiger partial charge in [-0.3, -0.25) is 9.69 Å². The first-order valence-electron chi connectivity index (χ1n) is 11.7. The third-order valence-corrected chi connectivity index (χ3v) is 7.08. The number of hydrogen-bond acceptors (Lipinski definition) is 5. The van der Waals surface area contributed by atoms with Crippen molar-refractivity contribution in [2.45, 2.75) is 51.4 Å². The highest BCUT2D eigenvalue weighted by molar-refractivity contribution is 9.10. The maximum absolute atomic E-state index is 13.8. The topological polar surface area (TPSA) is 79.3 Å². The van der Waals surface area contributed by atoms with Crippen molar-refractivity contribution in [3.8, 4) is 11.5 Å². The van der Waals surface area contributed by atoms with Crippen LogP contribution in [0.4, 0.5) is 0 Å². The highest BCUT2D eigenvalue weighted by atomic mass is 79.9. The van der Waals surface area contributed by atoms with Crippen molar-refractivity contribution in [3.05, 3.63) is 58.1 Å². The van der Waals surface area contributed by atoms with Crippen molar-refractivity contribution in [3.63, 3.8) is 0 Å². The van der Waals surface area contributed by atoms with E-state index in [0.717, 1.165) is 19.6 Å². The first-order chi connectivity index (χ1) is 16.3. The Kier molecular flexibility index (Phi) is 7.48. The lowest BCUT2D eigenvalue weighted by Gasteiger charge is -2.41. The molecule has 182 valence electrons. The van der Waals surface area contributed by atoms with Gasteiger partial charge in [-0.1, -0.05) is 60.1 Å². The van der Waals surface area contributed by atoms with Crippen LogP contribution in [0.3, 0.4) is 0 Å². The number of carbonyl (C=O) groups is 2. The van der Waals surface area contributed by atoms with Crippen molar-refractivity contribution in [2.75, 3.05) is 20.2 Å². The molecule has 2 atom stereocenters. The van der Waals surface area contributed by atoms with E-state index in [4.69, 9.17) is 9.47 Å². The first kappa shape index (κ1) is 24.5. The minimum Gasteiger partial charge on any atom is -0.493 e. The molecule has 0 radical (unpaired) electrons. The standard InChI is InChI=1S/C26H31BrN2O5/c1-16(2)23-25(30)29(19-9-11-28(12-10-19)15-17-7-5-4-6-8-17)22(26(31)32)20-13-18(27)14-21(33-3)24(20)34-23/h4-8,13-14,16,19,22-23H,9-12,15H2,1-3H3,(H,31,32). The molecule has 0 bridgehead atoms. The van der Waals surface area contributed by atoms with E-state index < -0.39 is 18.1 Å². The first-order valence-corrected chi connectivity index (χ1v) is 12.4. The van der Waals surface area contributed by atoms with Crippen molar-refractivity contribution in [1.29, 1.82) is 0 Å². The number of piperidine rings is 1. The van der Waals surface area contributed by atoms with Gasteiger partial charge in [-0.05, 0) is 36.5 Å². The second-order valence-corrected chi connectivity index (χ2v) is 10.2. The number of nitrogens with zero attached hydrogens (tertiary/aromatic N) is 2. The monoisotopic (exact) mass is 530 g/mol. The maximum Gasteiger partial charge on any atom is 0.331 e. The lowest BCUT2D eigenvalue weighted by atomic mass is 9.95. The molecule has 1 N–H and O–H groups in total. The molecule has 0 aromatic heterocycles. The van der Waals surface area contributed by atoms with Crippen LogP contribution in [0.15, 0.2) is 46.9 Å². The summed E-state index contributed by atoms with van der Waals surface area (Å²) in [7, 11) is 1.51. The number of methoxy groups -OCH3 is 1. The van der Waals surface area contributed by atoms with Crippen molar-refractivity contribution in [2.24, 2.45) is 5.92 Å². The molecular formula is C26H31BrN2O5. The van der Waals surface area contributed by atoms with Gasteiger partial charge in [0.15, 0.2) is 23.6 Å². The van der Waals surface area contributed by atoms with Gasteiger partial charge < -0.3 is 19.5 Å². The van der Waals surface area contributed by atoms with Gasteiger partial charge in [-0.25, -0.2) is 4.79 Å². The summed E-state index contributed by atoms with van der Waals surface area (Å²) in [6.45, 7) is 6.24. The van der Waals surface area contributed by atoms with Gasteiger partial charge >= 0.3 is 5.97 Å². The Morgan fingerprint density at radius 3 is 2.47 bits per heavy atom. The molecule has 1 amide bonds. The average molecular weight is 531 g/mol. The van der Waals surface area contributed by atoms with Crippen LogP contribution in [0.2, 0.25) is 0 Å². The summed E-state index contributed by atoms with van der Waals surface area (Å²) in [5, 5.41) is 10.3. The summed E-state index contributed by atoms with van der Waals surface area (Å²) in [6, 6.07) is 12.4. The molecule has 8 heteroatoms. The molecule has 7 nitrogen and oxygen atoms in total. The van der Waals surface area contributed by atoms with Gasteiger partial charge in [-0.2, -0.15) is 0 Å². The van der Waals surface area contributed by atoms with Crippen molar-refractivity contribution in [1.82, 2.24) is 9.80 Å². The molecule has 0 spiro atoms. The third-order valence-electron chi connectivity index (χ3n) is 6.62. The summed E-state index contributed by atoms with van der Waals surface area (Å²) in [6.07, 6.45) is 0.613. The second-order valence-electron chi connectivity index (χ2n) is 9.29. The largest absolute Gasteiger partial charge is 0.493 e. The van der Waals surface area contributed by atoms with Crippen LogP contribution in [-0.2, 0) is 16.1 Å². The Morgan fingerprint density at radius 1 is 1.21 bits per heavy atom.